The third-order valence-electron chi connectivity index (χ3n) is 5.00. The number of hydrogen-bond acceptors (Lipinski definition) is 6. The molecule has 0 amide bonds. The van der Waals surface area contributed by atoms with Gasteiger partial charge >= 0.3 is 0 Å². The summed E-state index contributed by atoms with van der Waals surface area (Å²) in [5, 5.41) is 0. The van der Waals surface area contributed by atoms with Crippen LogP contribution in [0.15, 0.2) is 30.3 Å². The summed E-state index contributed by atoms with van der Waals surface area (Å²) in [7, 11) is 2.03. The predicted molar refractivity (Wildman–Crippen MR) is 95.8 cm³/mol. The van der Waals surface area contributed by atoms with E-state index in [1.165, 1.54) is 0 Å². The Morgan fingerprint density at radius 2 is 1.77 bits per heavy atom. The van der Waals surface area contributed by atoms with Crippen molar-refractivity contribution in [3.63, 3.8) is 0 Å². The van der Waals surface area contributed by atoms with Crippen LogP contribution in [-0.2, 0) is 23.7 Å². The Labute approximate surface area is 159 Å². The summed E-state index contributed by atoms with van der Waals surface area (Å²) in [4.78, 5) is 2.14. The Morgan fingerprint density at radius 3 is 2.50 bits per heavy atom. The molecule has 6 nitrogen and oxygen atoms in total. The largest absolute Gasteiger partial charge is 0.341 e. The molecule has 6 atom stereocenters. The maximum Gasteiger partial charge on any atom is 0.190 e. The molecule has 0 saturated carbocycles. The summed E-state index contributed by atoms with van der Waals surface area (Å²) in [6, 6.07) is 9.96. The molecule has 144 valence electrons. The molecule has 4 rings (SSSR count). The van der Waals surface area contributed by atoms with Crippen molar-refractivity contribution in [1.29, 1.82) is 0 Å². The van der Waals surface area contributed by atoms with E-state index in [9.17, 15) is 0 Å². The van der Waals surface area contributed by atoms with Crippen LogP contribution in [-0.4, -0.2) is 67.4 Å². The smallest absolute Gasteiger partial charge is 0.190 e. The summed E-state index contributed by atoms with van der Waals surface area (Å²) < 4.78 is 30.7. The van der Waals surface area contributed by atoms with Crippen LogP contribution in [0.2, 0.25) is 0 Å². The van der Waals surface area contributed by atoms with Crippen molar-refractivity contribution in [1.82, 2.24) is 4.90 Å². The van der Waals surface area contributed by atoms with Gasteiger partial charge < -0.3 is 28.6 Å². The molecule has 1 aromatic carbocycles. The van der Waals surface area contributed by atoms with Crippen LogP contribution in [0.4, 0.5) is 0 Å². The van der Waals surface area contributed by atoms with Crippen LogP contribution in [0, 0.1) is 0 Å². The van der Waals surface area contributed by atoms with Gasteiger partial charge in [0.05, 0.1) is 0 Å². The van der Waals surface area contributed by atoms with Crippen molar-refractivity contribution >= 4 is 11.6 Å². The zero-order chi connectivity index (χ0) is 18.3. The Balaban J connectivity index is 1.56. The summed E-state index contributed by atoms with van der Waals surface area (Å²) >= 11 is 5.88. The second-order valence-electron chi connectivity index (χ2n) is 7.54. The van der Waals surface area contributed by atoms with E-state index in [1.54, 1.807) is 0 Å². The van der Waals surface area contributed by atoms with Gasteiger partial charge in [-0.15, -0.1) is 11.6 Å². The van der Waals surface area contributed by atoms with E-state index in [4.69, 9.17) is 35.3 Å². The molecule has 0 bridgehead atoms. The predicted octanol–water partition coefficient (Wildman–Crippen LogP) is 2.52. The van der Waals surface area contributed by atoms with Crippen molar-refractivity contribution in [2.24, 2.45) is 0 Å². The van der Waals surface area contributed by atoms with Gasteiger partial charge in [0.25, 0.3) is 0 Å². The molecule has 3 aliphatic heterocycles. The van der Waals surface area contributed by atoms with Crippen LogP contribution in [0.5, 0.6) is 0 Å². The highest BCUT2D eigenvalue weighted by atomic mass is 35.5. The van der Waals surface area contributed by atoms with E-state index in [0.717, 1.165) is 12.1 Å². The van der Waals surface area contributed by atoms with Gasteiger partial charge in [-0.1, -0.05) is 30.3 Å². The molecule has 0 unspecified atom stereocenters. The Hall–Kier alpha value is -0.730. The van der Waals surface area contributed by atoms with E-state index >= 15 is 0 Å². The quantitative estimate of drug-likeness (QED) is 0.728. The lowest BCUT2D eigenvalue weighted by Gasteiger charge is -2.41. The van der Waals surface area contributed by atoms with E-state index in [0.29, 0.717) is 12.4 Å². The lowest BCUT2D eigenvalue weighted by atomic mass is 10.0. The van der Waals surface area contributed by atoms with E-state index in [-0.39, 0.29) is 24.4 Å². The first-order chi connectivity index (χ1) is 12.5. The number of halogens is 1. The monoisotopic (exact) mass is 383 g/mol. The highest BCUT2D eigenvalue weighted by molar-refractivity contribution is 6.18. The van der Waals surface area contributed by atoms with Gasteiger partial charge in [-0.05, 0) is 20.9 Å². The normalized spacial score (nSPS) is 38.3. The summed E-state index contributed by atoms with van der Waals surface area (Å²) in [5.41, 5.74) is 0.984. The van der Waals surface area contributed by atoms with E-state index in [2.05, 4.69) is 4.90 Å². The Morgan fingerprint density at radius 1 is 1.00 bits per heavy atom. The molecular weight excluding hydrogens is 358 g/mol. The summed E-state index contributed by atoms with van der Waals surface area (Å²) in [6.07, 6.45) is -1.78. The van der Waals surface area contributed by atoms with Crippen molar-refractivity contribution in [3.8, 4) is 0 Å². The van der Waals surface area contributed by atoms with Gasteiger partial charge in [0.2, 0.25) is 0 Å². The number of likely N-dealkylation sites (N-methyl/N-ethyl adjacent to an activating group) is 1. The molecule has 0 aliphatic carbocycles. The first-order valence-electron chi connectivity index (χ1n) is 9.08. The highest BCUT2D eigenvalue weighted by Crippen LogP contribution is 2.45. The molecule has 1 aromatic rings. The lowest BCUT2D eigenvalue weighted by molar-refractivity contribution is -0.310. The molecular formula is C19H26ClNO5. The molecule has 7 heteroatoms. The number of hydrogen-bond donors (Lipinski definition) is 0. The van der Waals surface area contributed by atoms with Gasteiger partial charge in [-0.3, -0.25) is 0 Å². The maximum absolute atomic E-state index is 6.28. The van der Waals surface area contributed by atoms with Gasteiger partial charge in [0.15, 0.2) is 18.4 Å². The maximum atomic E-state index is 6.28. The van der Waals surface area contributed by atoms with Gasteiger partial charge in [0, 0.05) is 24.5 Å². The standard InChI is InChI=1S/C19H26ClNO5/c1-19(2)25-16-15-14(23-18(16)26-19)13(11-21(3)10-9-20)22-17(24-15)12-7-5-4-6-8-12/h4-8,13-18H,9-11H2,1-3H3/t13-,14+,15-,16-,17-,18+/m0/s1. The van der Waals surface area contributed by atoms with Crippen LogP contribution < -0.4 is 0 Å². The average molecular weight is 384 g/mol. The molecule has 0 spiro atoms. The van der Waals surface area contributed by atoms with Gasteiger partial charge in [-0.25, -0.2) is 0 Å². The summed E-state index contributed by atoms with van der Waals surface area (Å²) in [6.45, 7) is 5.26. The average Bonchev–Trinajstić information content (AvgIpc) is 3.08. The van der Waals surface area contributed by atoms with Crippen LogP contribution in [0.3, 0.4) is 0 Å². The summed E-state index contributed by atoms with van der Waals surface area (Å²) in [5.74, 6) is -0.0996. The first kappa shape index (κ1) is 18.6. The van der Waals surface area contributed by atoms with Crippen LogP contribution >= 0.6 is 11.6 Å². The zero-order valence-corrected chi connectivity index (χ0v) is 16.1. The molecule has 0 radical (unpaired) electrons. The topological polar surface area (TPSA) is 49.4 Å². The van der Waals surface area contributed by atoms with Crippen molar-refractivity contribution in [3.05, 3.63) is 35.9 Å². The van der Waals surface area contributed by atoms with E-state index < -0.39 is 18.4 Å². The molecule has 26 heavy (non-hydrogen) atoms. The SMILES string of the molecule is CN(CCCl)C[C@@H]1O[C@H](c2ccccc2)O[C@@H]2[C@@H]3OC(C)(C)O[C@H]3O[C@@H]21. The van der Waals surface area contributed by atoms with Crippen molar-refractivity contribution < 1.29 is 23.7 Å². The minimum atomic E-state index is -0.672. The number of nitrogens with zero attached hydrogens (tertiary/aromatic N) is 1. The molecule has 0 aromatic heterocycles. The number of fused-ring (bicyclic) bond motifs is 3. The number of benzene rings is 1. The zero-order valence-electron chi connectivity index (χ0n) is 15.3. The van der Waals surface area contributed by atoms with Crippen LogP contribution in [0.25, 0.3) is 0 Å². The Kier molecular flexibility index (Phi) is 5.27. The second-order valence-corrected chi connectivity index (χ2v) is 7.92. The fraction of sp³-hybridized carbons (Fsp3) is 0.684. The van der Waals surface area contributed by atoms with Crippen molar-refractivity contribution in [2.45, 2.75) is 56.6 Å². The third-order valence-corrected chi connectivity index (χ3v) is 5.17. The fourth-order valence-corrected chi connectivity index (χ4v) is 4.11. The molecule has 3 heterocycles. The van der Waals surface area contributed by atoms with Crippen molar-refractivity contribution in [2.75, 3.05) is 26.0 Å². The number of alkyl halides is 1. The minimum absolute atomic E-state index is 0.159. The molecule has 0 N–H and O–H groups in total. The fourth-order valence-electron chi connectivity index (χ4n) is 3.83. The van der Waals surface area contributed by atoms with E-state index in [1.807, 2.05) is 51.2 Å². The minimum Gasteiger partial charge on any atom is -0.341 e. The highest BCUT2D eigenvalue weighted by Gasteiger charge is 2.60. The third kappa shape index (κ3) is 3.64. The van der Waals surface area contributed by atoms with Crippen LogP contribution in [0.1, 0.15) is 25.7 Å². The number of rotatable bonds is 5. The molecule has 3 aliphatic rings. The first-order valence-corrected chi connectivity index (χ1v) is 9.62. The second kappa shape index (κ2) is 7.36. The van der Waals surface area contributed by atoms with Gasteiger partial charge in [-0.2, -0.15) is 0 Å². The molecule has 3 fully saturated rings. The van der Waals surface area contributed by atoms with Gasteiger partial charge in [0.1, 0.15) is 24.4 Å². The lowest BCUT2D eigenvalue weighted by Crippen LogP contribution is -2.53. The molecule has 3 saturated heterocycles. The number of ether oxygens (including phenoxy) is 5. The Bertz CT molecular complexity index is 615.